The largest absolute Gasteiger partial charge is 0.460 e. The maximum Gasteiger partial charge on any atom is 0.134 e. The SMILES string of the molecule is C=C(N=C(C)C1=CCc2oc3ccccc3c2C=C1)c1ccc(C)cc1. The third kappa shape index (κ3) is 3.06. The van der Waals surface area contributed by atoms with Crippen molar-refractivity contribution in [1.82, 2.24) is 0 Å². The fourth-order valence-corrected chi connectivity index (χ4v) is 3.24. The van der Waals surface area contributed by atoms with Crippen LogP contribution in [-0.2, 0) is 6.42 Å². The Kier molecular flexibility index (Phi) is 4.18. The van der Waals surface area contributed by atoms with Crippen LogP contribution in [0.1, 0.15) is 29.4 Å². The highest BCUT2D eigenvalue weighted by Crippen LogP contribution is 2.30. The van der Waals surface area contributed by atoms with E-state index in [0.29, 0.717) is 0 Å². The van der Waals surface area contributed by atoms with Crippen LogP contribution >= 0.6 is 0 Å². The Morgan fingerprint density at radius 3 is 2.62 bits per heavy atom. The summed E-state index contributed by atoms with van der Waals surface area (Å²) in [5.74, 6) is 1.00. The highest BCUT2D eigenvalue weighted by atomic mass is 16.3. The number of aryl methyl sites for hydroxylation is 1. The first-order valence-corrected chi connectivity index (χ1v) is 8.82. The monoisotopic (exact) mass is 339 g/mol. The molecule has 26 heavy (non-hydrogen) atoms. The lowest BCUT2D eigenvalue weighted by atomic mass is 10.1. The minimum atomic E-state index is 0.760. The third-order valence-electron chi connectivity index (χ3n) is 4.75. The molecule has 0 radical (unpaired) electrons. The van der Waals surface area contributed by atoms with Gasteiger partial charge in [0.05, 0.1) is 5.70 Å². The molecule has 2 aromatic carbocycles. The van der Waals surface area contributed by atoms with E-state index in [2.05, 4.69) is 62.1 Å². The van der Waals surface area contributed by atoms with Gasteiger partial charge in [0.2, 0.25) is 0 Å². The minimum absolute atomic E-state index is 0.760. The molecule has 0 bridgehead atoms. The molecule has 128 valence electrons. The fourth-order valence-electron chi connectivity index (χ4n) is 3.24. The second-order valence-corrected chi connectivity index (χ2v) is 6.64. The average Bonchev–Trinajstić information content (AvgIpc) is 2.86. The second-order valence-electron chi connectivity index (χ2n) is 6.64. The van der Waals surface area contributed by atoms with E-state index in [-0.39, 0.29) is 0 Å². The number of fused-ring (bicyclic) bond motifs is 3. The van der Waals surface area contributed by atoms with Gasteiger partial charge in [-0.3, -0.25) is 4.99 Å². The Bertz CT molecular complexity index is 1080. The molecule has 4 rings (SSSR count). The van der Waals surface area contributed by atoms with Crippen LogP contribution in [-0.4, -0.2) is 5.71 Å². The second kappa shape index (κ2) is 6.64. The van der Waals surface area contributed by atoms with Crippen molar-refractivity contribution in [3.63, 3.8) is 0 Å². The van der Waals surface area contributed by atoms with Gasteiger partial charge in [-0.15, -0.1) is 0 Å². The molecule has 1 aromatic heterocycles. The summed E-state index contributed by atoms with van der Waals surface area (Å²) < 4.78 is 6.01. The van der Waals surface area contributed by atoms with E-state index in [0.717, 1.165) is 51.3 Å². The van der Waals surface area contributed by atoms with Gasteiger partial charge in [0.1, 0.15) is 11.3 Å². The van der Waals surface area contributed by atoms with Gasteiger partial charge in [-0.1, -0.05) is 72.8 Å². The van der Waals surface area contributed by atoms with E-state index in [1.165, 1.54) is 5.56 Å². The summed E-state index contributed by atoms with van der Waals surface area (Å²) in [6.45, 7) is 8.23. The molecule has 0 fully saturated rings. The molecule has 0 saturated heterocycles. The van der Waals surface area contributed by atoms with Gasteiger partial charge in [0.25, 0.3) is 0 Å². The maximum absolute atomic E-state index is 6.01. The Morgan fingerprint density at radius 1 is 1.04 bits per heavy atom. The number of furan rings is 1. The summed E-state index contributed by atoms with van der Waals surface area (Å²) in [6, 6.07) is 16.5. The lowest BCUT2D eigenvalue weighted by molar-refractivity contribution is 0.564. The van der Waals surface area contributed by atoms with Crippen LogP contribution in [0.25, 0.3) is 22.7 Å². The Morgan fingerprint density at radius 2 is 1.81 bits per heavy atom. The Hall–Kier alpha value is -3.13. The molecule has 0 amide bonds. The summed E-state index contributed by atoms with van der Waals surface area (Å²) in [6.07, 6.45) is 7.19. The molecule has 1 heterocycles. The zero-order valence-corrected chi connectivity index (χ0v) is 15.1. The van der Waals surface area contributed by atoms with Gasteiger partial charge in [-0.25, -0.2) is 0 Å². The van der Waals surface area contributed by atoms with E-state index in [1.54, 1.807) is 0 Å². The minimum Gasteiger partial charge on any atom is -0.460 e. The Labute approximate surface area is 153 Å². The van der Waals surface area contributed by atoms with Crippen LogP contribution in [0.15, 0.2) is 82.2 Å². The van der Waals surface area contributed by atoms with Gasteiger partial charge in [0, 0.05) is 23.1 Å². The van der Waals surface area contributed by atoms with Crippen molar-refractivity contribution in [3.05, 3.63) is 95.3 Å². The van der Waals surface area contributed by atoms with Crippen molar-refractivity contribution in [2.24, 2.45) is 4.99 Å². The number of aliphatic imine (C=N–C) groups is 1. The fraction of sp³-hybridized carbons (Fsp3) is 0.125. The van der Waals surface area contributed by atoms with Crippen molar-refractivity contribution < 1.29 is 4.42 Å². The number of hydrogen-bond donors (Lipinski definition) is 0. The molecular weight excluding hydrogens is 318 g/mol. The smallest absolute Gasteiger partial charge is 0.134 e. The topological polar surface area (TPSA) is 25.5 Å². The van der Waals surface area contributed by atoms with Crippen LogP contribution < -0.4 is 0 Å². The highest BCUT2D eigenvalue weighted by molar-refractivity contribution is 6.05. The average molecular weight is 339 g/mol. The number of hydrogen-bond acceptors (Lipinski definition) is 2. The van der Waals surface area contributed by atoms with Gasteiger partial charge in [-0.2, -0.15) is 0 Å². The molecule has 0 saturated carbocycles. The van der Waals surface area contributed by atoms with Crippen LogP contribution in [0.2, 0.25) is 0 Å². The van der Waals surface area contributed by atoms with E-state index >= 15 is 0 Å². The maximum atomic E-state index is 6.01. The van der Waals surface area contributed by atoms with Crippen molar-refractivity contribution in [2.75, 3.05) is 0 Å². The highest BCUT2D eigenvalue weighted by Gasteiger charge is 2.14. The molecule has 2 nitrogen and oxygen atoms in total. The van der Waals surface area contributed by atoms with E-state index < -0.39 is 0 Å². The summed E-state index contributed by atoms with van der Waals surface area (Å²) in [5.41, 5.74) is 7.23. The standard InChI is InChI=1S/C24H21NO/c1-16-8-10-19(11-9-16)17(2)25-18(3)20-12-14-22-21-6-4-5-7-23(21)26-24(22)15-13-20/h4-14H,2,15H2,1,3H3. The van der Waals surface area contributed by atoms with Gasteiger partial charge in [0.15, 0.2) is 0 Å². The lowest BCUT2D eigenvalue weighted by Gasteiger charge is -2.05. The van der Waals surface area contributed by atoms with Gasteiger partial charge in [-0.05, 0) is 31.1 Å². The number of benzene rings is 2. The first-order chi connectivity index (χ1) is 12.6. The van der Waals surface area contributed by atoms with Gasteiger partial charge < -0.3 is 4.42 Å². The van der Waals surface area contributed by atoms with Crippen LogP contribution in [0.5, 0.6) is 0 Å². The molecule has 0 N–H and O–H groups in total. The number of para-hydroxylation sites is 1. The molecule has 3 aromatic rings. The Balaban J connectivity index is 1.61. The van der Waals surface area contributed by atoms with Crippen molar-refractivity contribution >= 4 is 28.5 Å². The van der Waals surface area contributed by atoms with E-state index in [4.69, 9.17) is 9.41 Å². The van der Waals surface area contributed by atoms with Gasteiger partial charge >= 0.3 is 0 Å². The number of allylic oxidation sites excluding steroid dienone is 3. The summed E-state index contributed by atoms with van der Waals surface area (Å²) in [4.78, 5) is 4.72. The molecular formula is C24H21NO. The summed E-state index contributed by atoms with van der Waals surface area (Å²) >= 11 is 0. The summed E-state index contributed by atoms with van der Waals surface area (Å²) in [7, 11) is 0. The van der Waals surface area contributed by atoms with Crippen molar-refractivity contribution in [1.29, 1.82) is 0 Å². The number of nitrogens with zero attached hydrogens (tertiary/aromatic N) is 1. The first kappa shape index (κ1) is 16.3. The predicted octanol–water partition coefficient (Wildman–Crippen LogP) is 6.37. The van der Waals surface area contributed by atoms with E-state index in [1.807, 2.05) is 25.1 Å². The zero-order chi connectivity index (χ0) is 18.1. The van der Waals surface area contributed by atoms with Crippen LogP contribution in [0, 0.1) is 6.92 Å². The third-order valence-corrected chi connectivity index (χ3v) is 4.75. The number of rotatable bonds is 3. The predicted molar refractivity (Wildman–Crippen MR) is 110 cm³/mol. The van der Waals surface area contributed by atoms with E-state index in [9.17, 15) is 0 Å². The molecule has 1 aliphatic carbocycles. The molecule has 0 spiro atoms. The molecule has 0 atom stereocenters. The molecule has 0 unspecified atom stereocenters. The quantitative estimate of drug-likeness (QED) is 0.509. The first-order valence-electron chi connectivity index (χ1n) is 8.82. The van der Waals surface area contributed by atoms with Crippen LogP contribution in [0.3, 0.4) is 0 Å². The lowest BCUT2D eigenvalue weighted by Crippen LogP contribution is -1.96. The zero-order valence-electron chi connectivity index (χ0n) is 15.1. The normalized spacial score (nSPS) is 14.1. The summed E-state index contributed by atoms with van der Waals surface area (Å²) in [5, 5.41) is 1.16. The molecule has 1 aliphatic rings. The van der Waals surface area contributed by atoms with Crippen molar-refractivity contribution in [2.45, 2.75) is 20.3 Å². The molecule has 2 heteroatoms. The van der Waals surface area contributed by atoms with Crippen molar-refractivity contribution in [3.8, 4) is 0 Å². The van der Waals surface area contributed by atoms with Crippen LogP contribution in [0.4, 0.5) is 0 Å². The molecule has 0 aliphatic heterocycles.